The van der Waals surface area contributed by atoms with Crippen LogP contribution in [0.3, 0.4) is 0 Å². The number of piperidine rings is 1. The fraction of sp³-hybridized carbons (Fsp3) is 0.471. The number of hydrogen-bond acceptors (Lipinski definition) is 3. The van der Waals surface area contributed by atoms with E-state index in [1.54, 1.807) is 6.08 Å². The summed E-state index contributed by atoms with van der Waals surface area (Å²) in [5.74, 6) is -0.0326. The molecule has 126 valence electrons. The lowest BCUT2D eigenvalue weighted by Gasteiger charge is -2.29. The second kappa shape index (κ2) is 8.26. The summed E-state index contributed by atoms with van der Waals surface area (Å²) in [6, 6.07) is 9.34. The molecule has 0 saturated carbocycles. The molecule has 1 amide bonds. The highest BCUT2D eigenvalue weighted by Gasteiger charge is 2.29. The molecule has 6 heteroatoms. The summed E-state index contributed by atoms with van der Waals surface area (Å²) in [5.41, 5.74) is 0.852. The van der Waals surface area contributed by atoms with Gasteiger partial charge in [-0.1, -0.05) is 37.3 Å². The van der Waals surface area contributed by atoms with Gasteiger partial charge in [-0.25, -0.2) is 8.42 Å². The van der Waals surface area contributed by atoms with Crippen molar-refractivity contribution in [2.75, 3.05) is 19.6 Å². The Morgan fingerprint density at radius 2 is 1.91 bits per heavy atom. The van der Waals surface area contributed by atoms with Crippen molar-refractivity contribution in [3.63, 3.8) is 0 Å². The third-order valence-corrected chi connectivity index (χ3v) is 5.53. The molecule has 1 aliphatic heterocycles. The van der Waals surface area contributed by atoms with Crippen LogP contribution in [0.15, 0.2) is 35.7 Å². The van der Waals surface area contributed by atoms with E-state index in [2.05, 4.69) is 5.32 Å². The predicted octanol–water partition coefficient (Wildman–Crippen LogP) is 2.23. The van der Waals surface area contributed by atoms with Crippen molar-refractivity contribution in [3.8, 4) is 0 Å². The fourth-order valence-electron chi connectivity index (χ4n) is 2.58. The molecular formula is C17H24N2O3S. The zero-order valence-electron chi connectivity index (χ0n) is 13.4. The summed E-state index contributed by atoms with van der Waals surface area (Å²) >= 11 is 0. The number of amides is 1. The van der Waals surface area contributed by atoms with Crippen LogP contribution in [-0.2, 0) is 14.8 Å². The average Bonchev–Trinajstić information content (AvgIpc) is 2.59. The van der Waals surface area contributed by atoms with Gasteiger partial charge in [-0.3, -0.25) is 4.79 Å². The zero-order chi connectivity index (χ0) is 16.7. The number of rotatable bonds is 6. The van der Waals surface area contributed by atoms with Gasteiger partial charge in [0.1, 0.15) is 0 Å². The van der Waals surface area contributed by atoms with Gasteiger partial charge in [-0.05, 0) is 30.9 Å². The molecule has 0 radical (unpaired) electrons. The van der Waals surface area contributed by atoms with E-state index in [0.29, 0.717) is 32.5 Å². The second-order valence-corrected chi connectivity index (χ2v) is 7.54. The average molecular weight is 336 g/mol. The van der Waals surface area contributed by atoms with Gasteiger partial charge in [0.05, 0.1) is 0 Å². The van der Waals surface area contributed by atoms with Crippen LogP contribution in [0.2, 0.25) is 0 Å². The predicted molar refractivity (Wildman–Crippen MR) is 92.0 cm³/mol. The normalized spacial score (nSPS) is 17.4. The van der Waals surface area contributed by atoms with Gasteiger partial charge in [0.15, 0.2) is 0 Å². The van der Waals surface area contributed by atoms with E-state index in [9.17, 15) is 13.2 Å². The molecule has 2 rings (SSSR count). The zero-order valence-corrected chi connectivity index (χ0v) is 14.3. The van der Waals surface area contributed by atoms with Gasteiger partial charge in [-0.2, -0.15) is 4.31 Å². The van der Waals surface area contributed by atoms with Crippen LogP contribution in [0.1, 0.15) is 31.7 Å². The molecule has 1 aromatic rings. The van der Waals surface area contributed by atoms with Crippen molar-refractivity contribution in [1.82, 2.24) is 9.62 Å². The van der Waals surface area contributed by atoms with Crippen LogP contribution in [0, 0.1) is 5.92 Å². The van der Waals surface area contributed by atoms with Crippen molar-refractivity contribution in [2.24, 2.45) is 5.92 Å². The molecule has 23 heavy (non-hydrogen) atoms. The molecule has 1 saturated heterocycles. The minimum absolute atomic E-state index is 0.0451. The Labute approximate surface area is 138 Å². The van der Waals surface area contributed by atoms with Crippen molar-refractivity contribution in [3.05, 3.63) is 41.3 Å². The minimum Gasteiger partial charge on any atom is -0.356 e. The highest BCUT2D eigenvalue weighted by atomic mass is 32.2. The summed E-state index contributed by atoms with van der Waals surface area (Å²) < 4.78 is 26.1. The maximum atomic E-state index is 12.3. The van der Waals surface area contributed by atoms with E-state index < -0.39 is 10.0 Å². The SMILES string of the molecule is CCCNC(=O)C1CCN(S(=O)(=O)/C=C/c2ccccc2)CC1. The molecular weight excluding hydrogens is 312 g/mol. The maximum absolute atomic E-state index is 12.3. The Balaban J connectivity index is 1.91. The maximum Gasteiger partial charge on any atom is 0.236 e. The van der Waals surface area contributed by atoms with E-state index >= 15 is 0 Å². The first kappa shape index (κ1) is 17.7. The van der Waals surface area contributed by atoms with E-state index in [-0.39, 0.29) is 11.8 Å². The van der Waals surface area contributed by atoms with Crippen LogP contribution in [-0.4, -0.2) is 38.3 Å². The molecule has 0 unspecified atom stereocenters. The number of carbonyl (C=O) groups is 1. The summed E-state index contributed by atoms with van der Waals surface area (Å²) in [5, 5.41) is 4.13. The van der Waals surface area contributed by atoms with E-state index in [0.717, 1.165) is 12.0 Å². The lowest BCUT2D eigenvalue weighted by Crippen LogP contribution is -2.42. The van der Waals surface area contributed by atoms with Crippen LogP contribution >= 0.6 is 0 Å². The largest absolute Gasteiger partial charge is 0.356 e. The summed E-state index contributed by atoms with van der Waals surface area (Å²) in [6.45, 7) is 3.48. The van der Waals surface area contributed by atoms with Crippen LogP contribution < -0.4 is 5.32 Å². The standard InChI is InChI=1S/C17H24N2O3S/c1-2-11-18-17(20)16-8-12-19(13-9-16)23(21,22)14-10-15-6-4-3-5-7-15/h3-7,10,14,16H,2,8-9,11-13H2,1H3,(H,18,20)/b14-10+. The molecule has 1 aliphatic rings. The highest BCUT2D eigenvalue weighted by Crippen LogP contribution is 2.21. The molecule has 0 aliphatic carbocycles. The molecule has 1 heterocycles. The molecule has 0 bridgehead atoms. The first-order valence-corrected chi connectivity index (χ1v) is 9.54. The number of carbonyl (C=O) groups excluding carboxylic acids is 1. The van der Waals surface area contributed by atoms with E-state index in [1.165, 1.54) is 9.71 Å². The molecule has 5 nitrogen and oxygen atoms in total. The third-order valence-electron chi connectivity index (χ3n) is 3.97. The molecule has 1 fully saturated rings. The lowest BCUT2D eigenvalue weighted by atomic mass is 9.97. The Morgan fingerprint density at radius 1 is 1.26 bits per heavy atom. The second-order valence-electron chi connectivity index (χ2n) is 5.72. The van der Waals surface area contributed by atoms with E-state index in [1.807, 2.05) is 37.3 Å². The van der Waals surface area contributed by atoms with Gasteiger partial charge in [0.25, 0.3) is 0 Å². The summed E-state index contributed by atoms with van der Waals surface area (Å²) in [7, 11) is -3.43. The van der Waals surface area contributed by atoms with Gasteiger partial charge < -0.3 is 5.32 Å². The van der Waals surface area contributed by atoms with Crippen LogP contribution in [0.4, 0.5) is 0 Å². The van der Waals surface area contributed by atoms with Crippen molar-refractivity contribution >= 4 is 22.0 Å². The van der Waals surface area contributed by atoms with Crippen LogP contribution in [0.5, 0.6) is 0 Å². The summed E-state index contributed by atoms with van der Waals surface area (Å²) in [4.78, 5) is 11.9. The molecule has 1 N–H and O–H groups in total. The van der Waals surface area contributed by atoms with Crippen molar-refractivity contribution < 1.29 is 13.2 Å². The molecule has 0 spiro atoms. The first-order valence-electron chi connectivity index (χ1n) is 8.04. The Bertz CT molecular complexity index is 633. The van der Waals surface area contributed by atoms with Gasteiger partial charge in [0, 0.05) is 31.0 Å². The highest BCUT2D eigenvalue weighted by molar-refractivity contribution is 7.92. The Hall–Kier alpha value is -1.66. The molecule has 1 aromatic carbocycles. The number of sulfonamides is 1. The lowest BCUT2D eigenvalue weighted by molar-refractivity contribution is -0.126. The number of nitrogens with one attached hydrogen (secondary N) is 1. The van der Waals surface area contributed by atoms with Crippen molar-refractivity contribution in [1.29, 1.82) is 0 Å². The third kappa shape index (κ3) is 5.18. The Morgan fingerprint density at radius 3 is 2.52 bits per heavy atom. The minimum atomic E-state index is -3.43. The van der Waals surface area contributed by atoms with Gasteiger partial charge in [-0.15, -0.1) is 0 Å². The Kier molecular flexibility index (Phi) is 6.36. The topological polar surface area (TPSA) is 66.5 Å². The first-order chi connectivity index (χ1) is 11.0. The van der Waals surface area contributed by atoms with Crippen LogP contribution in [0.25, 0.3) is 6.08 Å². The summed E-state index contributed by atoms with van der Waals surface area (Å²) in [6.07, 6.45) is 3.67. The van der Waals surface area contributed by atoms with Gasteiger partial charge in [0.2, 0.25) is 15.9 Å². The van der Waals surface area contributed by atoms with E-state index in [4.69, 9.17) is 0 Å². The monoisotopic (exact) mass is 336 g/mol. The quantitative estimate of drug-likeness (QED) is 0.866. The number of nitrogens with zero attached hydrogens (tertiary/aromatic N) is 1. The number of hydrogen-bond donors (Lipinski definition) is 1. The fourth-order valence-corrected chi connectivity index (χ4v) is 3.80. The van der Waals surface area contributed by atoms with Gasteiger partial charge >= 0.3 is 0 Å². The smallest absolute Gasteiger partial charge is 0.236 e. The van der Waals surface area contributed by atoms with Crippen molar-refractivity contribution in [2.45, 2.75) is 26.2 Å². The molecule has 0 aromatic heterocycles. The number of benzene rings is 1. The molecule has 0 atom stereocenters.